The molecule has 1 aromatic carbocycles. The number of hydrogen-bond acceptors (Lipinski definition) is 8. The van der Waals surface area contributed by atoms with Crippen molar-refractivity contribution in [3.63, 3.8) is 0 Å². The molecule has 8 nitrogen and oxygen atoms in total. The van der Waals surface area contributed by atoms with Gasteiger partial charge < -0.3 is 19.9 Å². The summed E-state index contributed by atoms with van der Waals surface area (Å²) >= 11 is 1.65. The predicted octanol–water partition coefficient (Wildman–Crippen LogP) is 6.19. The number of nitrogens with zero attached hydrogens (tertiary/aromatic N) is 5. The van der Waals surface area contributed by atoms with E-state index in [2.05, 4.69) is 40.2 Å². The van der Waals surface area contributed by atoms with Crippen molar-refractivity contribution in [2.24, 2.45) is 0 Å². The van der Waals surface area contributed by atoms with Gasteiger partial charge in [-0.3, -0.25) is 9.78 Å². The summed E-state index contributed by atoms with van der Waals surface area (Å²) in [4.78, 5) is 32.7. The highest BCUT2D eigenvalue weighted by Gasteiger charge is 2.35. The second-order valence-corrected chi connectivity index (χ2v) is 11.4. The molecule has 1 amide bonds. The molecule has 0 saturated heterocycles. The summed E-state index contributed by atoms with van der Waals surface area (Å²) in [5.74, 6) is 2.30. The van der Waals surface area contributed by atoms with Crippen LogP contribution in [0.4, 0.5) is 11.5 Å². The Bertz CT molecular complexity index is 1530. The van der Waals surface area contributed by atoms with Gasteiger partial charge in [0.1, 0.15) is 28.5 Å². The Morgan fingerprint density at radius 2 is 2.00 bits per heavy atom. The number of ether oxygens (including phenoxy) is 1. The van der Waals surface area contributed by atoms with Crippen LogP contribution >= 0.6 is 11.3 Å². The van der Waals surface area contributed by atoms with Crippen molar-refractivity contribution in [1.82, 2.24) is 24.8 Å². The van der Waals surface area contributed by atoms with Crippen LogP contribution in [0.15, 0.2) is 55.0 Å². The minimum atomic E-state index is -0.0396. The van der Waals surface area contributed by atoms with Crippen LogP contribution in [-0.2, 0) is 11.2 Å². The molecule has 0 unspecified atom stereocenters. The van der Waals surface area contributed by atoms with E-state index in [1.54, 1.807) is 29.9 Å². The normalized spacial score (nSPS) is 17.2. The number of amides is 1. The van der Waals surface area contributed by atoms with E-state index in [-0.39, 0.29) is 18.0 Å². The third-order valence-electron chi connectivity index (χ3n) is 6.92. The zero-order chi connectivity index (χ0) is 27.7. The number of thiophene rings is 1. The highest BCUT2D eigenvalue weighted by molar-refractivity contribution is 7.19. The molecule has 3 aromatic heterocycles. The number of pyridine rings is 1. The molecule has 39 heavy (non-hydrogen) atoms. The number of carbonyl (C=O) groups excluding carboxylic acids is 1. The number of hydrogen-bond donors (Lipinski definition) is 1. The topological polar surface area (TPSA) is 83.5 Å². The van der Waals surface area contributed by atoms with Crippen LogP contribution in [0.3, 0.4) is 0 Å². The fourth-order valence-electron chi connectivity index (χ4n) is 5.02. The molecular weight excluding hydrogens is 508 g/mol. The number of likely N-dealkylation sites (N-methyl/N-ethyl adjacent to an activating group) is 1. The van der Waals surface area contributed by atoms with Gasteiger partial charge in [0.05, 0.1) is 17.6 Å². The Kier molecular flexibility index (Phi) is 7.63. The van der Waals surface area contributed by atoms with E-state index in [4.69, 9.17) is 4.74 Å². The fourth-order valence-corrected chi connectivity index (χ4v) is 6.25. The van der Waals surface area contributed by atoms with Crippen molar-refractivity contribution >= 4 is 39.0 Å². The number of carbonyl (C=O) groups is 1. The number of aryl methyl sites for hydroxylation is 2. The molecule has 2 atom stereocenters. The standard InChI is InChI=1S/C30H34N6O2S/c1-18-14-22(10-12-25(18)38-23-11-9-19(2)31-16-23)34-29-27-24-15-20(3)36(26(37)8-7-13-35(5)6)21(4)28(24)39-30(27)33-17-32-29/h7-12,14,16-17,20-21H,13,15H2,1-6H3,(H,32,33,34)/b8-7+/t20-,21+/m1/s1. The van der Waals surface area contributed by atoms with E-state index < -0.39 is 0 Å². The van der Waals surface area contributed by atoms with Crippen LogP contribution in [0.5, 0.6) is 11.5 Å². The summed E-state index contributed by atoms with van der Waals surface area (Å²) in [5.41, 5.74) is 4.09. The second-order valence-electron chi connectivity index (χ2n) is 10.3. The maximum atomic E-state index is 13.1. The third-order valence-corrected chi connectivity index (χ3v) is 8.23. The van der Waals surface area contributed by atoms with E-state index >= 15 is 0 Å². The van der Waals surface area contributed by atoms with Gasteiger partial charge in [0.25, 0.3) is 0 Å². The first kappa shape index (κ1) is 26.8. The summed E-state index contributed by atoms with van der Waals surface area (Å²) in [6.45, 7) is 8.92. The predicted molar refractivity (Wildman–Crippen MR) is 157 cm³/mol. The van der Waals surface area contributed by atoms with Gasteiger partial charge in [-0.25, -0.2) is 9.97 Å². The first-order valence-electron chi connectivity index (χ1n) is 13.1. The average molecular weight is 543 g/mol. The lowest BCUT2D eigenvalue weighted by Gasteiger charge is -2.38. The average Bonchev–Trinajstić information content (AvgIpc) is 3.26. The van der Waals surface area contributed by atoms with Crippen LogP contribution in [-0.4, -0.2) is 57.3 Å². The Labute approximate surface area is 233 Å². The van der Waals surface area contributed by atoms with Crippen molar-refractivity contribution in [2.75, 3.05) is 26.0 Å². The first-order valence-corrected chi connectivity index (χ1v) is 13.9. The molecule has 4 aromatic rings. The van der Waals surface area contributed by atoms with E-state index in [9.17, 15) is 4.79 Å². The lowest BCUT2D eigenvalue weighted by Crippen LogP contribution is -2.43. The van der Waals surface area contributed by atoms with Gasteiger partial charge in [0.2, 0.25) is 5.91 Å². The van der Waals surface area contributed by atoms with Gasteiger partial charge in [-0.2, -0.15) is 0 Å². The maximum Gasteiger partial charge on any atom is 0.247 e. The summed E-state index contributed by atoms with van der Waals surface area (Å²) in [5, 5.41) is 4.55. The van der Waals surface area contributed by atoms with E-state index in [1.165, 1.54) is 10.4 Å². The SMILES string of the molecule is Cc1ccc(Oc2ccc(Nc3ncnc4sc5c(c34)C[C@@H](C)N(C(=O)/C=C/CN(C)C)[C@H]5C)cc2C)cn1. The van der Waals surface area contributed by atoms with E-state index in [0.717, 1.165) is 51.7 Å². The molecule has 1 aliphatic heterocycles. The van der Waals surface area contributed by atoms with Gasteiger partial charge in [0, 0.05) is 34.9 Å². The number of rotatable bonds is 7. The molecule has 0 fully saturated rings. The van der Waals surface area contributed by atoms with Gasteiger partial charge >= 0.3 is 0 Å². The van der Waals surface area contributed by atoms with Gasteiger partial charge in [-0.15, -0.1) is 11.3 Å². The molecule has 0 radical (unpaired) electrons. The Morgan fingerprint density at radius 1 is 1.18 bits per heavy atom. The van der Waals surface area contributed by atoms with Crippen molar-refractivity contribution < 1.29 is 9.53 Å². The lowest BCUT2D eigenvalue weighted by atomic mass is 9.94. The van der Waals surface area contributed by atoms with Crippen LogP contribution in [0, 0.1) is 13.8 Å². The molecule has 0 bridgehead atoms. The Balaban J connectivity index is 1.40. The molecule has 1 N–H and O–H groups in total. The van der Waals surface area contributed by atoms with E-state index in [0.29, 0.717) is 5.75 Å². The minimum absolute atomic E-state index is 0.0396. The first-order chi connectivity index (χ1) is 18.7. The van der Waals surface area contributed by atoms with Crippen molar-refractivity contribution in [3.05, 3.63) is 76.7 Å². The molecule has 4 heterocycles. The fraction of sp³-hybridized carbons (Fsp3) is 0.333. The highest BCUT2D eigenvalue weighted by atomic mass is 32.1. The molecular formula is C30H34N6O2S. The summed E-state index contributed by atoms with van der Waals surface area (Å²) in [7, 11) is 3.98. The Hall–Kier alpha value is -3.82. The number of anilines is 2. The summed E-state index contributed by atoms with van der Waals surface area (Å²) in [6.07, 6.45) is 7.71. The molecule has 202 valence electrons. The Morgan fingerprint density at radius 3 is 2.72 bits per heavy atom. The number of benzene rings is 1. The van der Waals surface area contributed by atoms with Gasteiger partial charge in [-0.1, -0.05) is 6.08 Å². The highest BCUT2D eigenvalue weighted by Crippen LogP contribution is 2.44. The van der Waals surface area contributed by atoms with Gasteiger partial charge in [0.15, 0.2) is 0 Å². The summed E-state index contributed by atoms with van der Waals surface area (Å²) < 4.78 is 6.04. The van der Waals surface area contributed by atoms with Crippen molar-refractivity contribution in [2.45, 2.75) is 46.2 Å². The van der Waals surface area contributed by atoms with Crippen LogP contribution < -0.4 is 10.1 Å². The zero-order valence-corrected chi connectivity index (χ0v) is 24.0. The quantitative estimate of drug-likeness (QED) is 0.279. The number of nitrogens with one attached hydrogen (secondary N) is 1. The second kappa shape index (κ2) is 11.1. The van der Waals surface area contributed by atoms with E-state index in [1.807, 2.05) is 68.1 Å². The van der Waals surface area contributed by atoms with Crippen LogP contribution in [0.1, 0.15) is 41.6 Å². The van der Waals surface area contributed by atoms with Crippen molar-refractivity contribution in [3.8, 4) is 11.5 Å². The van der Waals surface area contributed by atoms with Gasteiger partial charge in [-0.05, 0) is 89.7 Å². The smallest absolute Gasteiger partial charge is 0.247 e. The summed E-state index contributed by atoms with van der Waals surface area (Å²) in [6, 6.07) is 9.87. The monoisotopic (exact) mass is 542 g/mol. The number of aromatic nitrogens is 3. The van der Waals surface area contributed by atoms with Crippen LogP contribution in [0.2, 0.25) is 0 Å². The molecule has 0 aliphatic carbocycles. The molecule has 1 aliphatic rings. The minimum Gasteiger partial charge on any atom is -0.455 e. The number of fused-ring (bicyclic) bond motifs is 3. The third kappa shape index (κ3) is 5.65. The van der Waals surface area contributed by atoms with Crippen LogP contribution in [0.25, 0.3) is 10.2 Å². The molecule has 0 spiro atoms. The van der Waals surface area contributed by atoms with Crippen molar-refractivity contribution in [1.29, 1.82) is 0 Å². The lowest BCUT2D eigenvalue weighted by molar-refractivity contribution is -0.130. The molecule has 0 saturated carbocycles. The zero-order valence-electron chi connectivity index (χ0n) is 23.2. The molecule has 5 rings (SSSR count). The largest absolute Gasteiger partial charge is 0.455 e. The maximum absolute atomic E-state index is 13.1. The molecule has 9 heteroatoms.